The number of oxazole rings is 1. The van der Waals surface area contributed by atoms with Gasteiger partial charge in [-0.25, -0.2) is 4.79 Å². The van der Waals surface area contributed by atoms with Crippen LogP contribution >= 0.6 is 0 Å². The lowest BCUT2D eigenvalue weighted by molar-refractivity contribution is -0.132. The van der Waals surface area contributed by atoms with Crippen molar-refractivity contribution in [3.05, 3.63) is 52.6 Å². The van der Waals surface area contributed by atoms with E-state index in [1.807, 2.05) is 24.3 Å². The number of rotatable bonds is 5. The van der Waals surface area contributed by atoms with E-state index < -0.39 is 17.9 Å². The van der Waals surface area contributed by atoms with E-state index in [1.165, 1.54) is 4.57 Å². The number of pyridine rings is 1. The zero-order chi connectivity index (χ0) is 21.8. The summed E-state index contributed by atoms with van der Waals surface area (Å²) in [7, 11) is 1.65. The minimum atomic E-state index is -0.677. The van der Waals surface area contributed by atoms with Gasteiger partial charge in [-0.15, -0.1) is 0 Å². The van der Waals surface area contributed by atoms with Crippen LogP contribution in [0.2, 0.25) is 0 Å². The number of ether oxygens (including phenoxy) is 1. The molecule has 3 heterocycles. The molecule has 0 bridgehead atoms. The van der Waals surface area contributed by atoms with E-state index in [9.17, 15) is 14.9 Å². The number of amides is 1. The topological polar surface area (TPSA) is 122 Å². The fourth-order valence-corrected chi connectivity index (χ4v) is 3.51. The van der Waals surface area contributed by atoms with Gasteiger partial charge in [0.2, 0.25) is 0 Å². The Hall–Kier alpha value is -3.48. The van der Waals surface area contributed by atoms with E-state index in [2.05, 4.69) is 21.7 Å². The van der Waals surface area contributed by atoms with Crippen molar-refractivity contribution in [2.24, 2.45) is 7.05 Å². The molecule has 9 nitrogen and oxygen atoms in total. The fourth-order valence-electron chi connectivity index (χ4n) is 3.51. The van der Waals surface area contributed by atoms with Crippen molar-refractivity contribution in [3.8, 4) is 17.3 Å². The van der Waals surface area contributed by atoms with Crippen molar-refractivity contribution in [3.63, 3.8) is 0 Å². The van der Waals surface area contributed by atoms with Gasteiger partial charge in [0.15, 0.2) is 5.58 Å². The van der Waals surface area contributed by atoms with E-state index >= 15 is 0 Å². The second kappa shape index (κ2) is 9.12. The monoisotopic (exact) mass is 421 g/mol. The van der Waals surface area contributed by atoms with Crippen LogP contribution in [0.15, 0.2) is 45.7 Å². The van der Waals surface area contributed by atoms with Gasteiger partial charge in [-0.1, -0.05) is 6.07 Å². The third-order valence-electron chi connectivity index (χ3n) is 5.26. The molecule has 0 radical (unpaired) electrons. The summed E-state index contributed by atoms with van der Waals surface area (Å²) in [6.07, 6.45) is 2.29. The molecule has 1 saturated heterocycles. The first-order valence-electron chi connectivity index (χ1n) is 10.1. The number of carbonyl (C=O) groups excluding carboxylic acids is 1. The number of hydrogen-bond donors (Lipinski definition) is 2. The summed E-state index contributed by atoms with van der Waals surface area (Å²) < 4.78 is 12.1. The molecule has 31 heavy (non-hydrogen) atoms. The highest BCUT2D eigenvalue weighted by Crippen LogP contribution is 2.22. The summed E-state index contributed by atoms with van der Waals surface area (Å²) in [5, 5.41) is 15.4. The molecule has 0 saturated carbocycles. The maximum absolute atomic E-state index is 12.4. The lowest BCUT2D eigenvalue weighted by atomic mass is 10.1. The molecule has 9 heteroatoms. The summed E-state index contributed by atoms with van der Waals surface area (Å²) in [4.78, 5) is 28.6. The van der Waals surface area contributed by atoms with Crippen LogP contribution in [0.5, 0.6) is 0 Å². The van der Waals surface area contributed by atoms with Crippen molar-refractivity contribution in [2.75, 3.05) is 19.7 Å². The number of benzene rings is 1. The van der Waals surface area contributed by atoms with E-state index in [1.54, 1.807) is 19.3 Å². The van der Waals surface area contributed by atoms with Gasteiger partial charge in [0.25, 0.3) is 5.91 Å². The van der Waals surface area contributed by atoms with Crippen LogP contribution in [-0.4, -0.2) is 47.3 Å². The van der Waals surface area contributed by atoms with Gasteiger partial charge in [-0.05, 0) is 42.8 Å². The number of fused-ring (bicyclic) bond motifs is 1. The first-order valence-corrected chi connectivity index (χ1v) is 10.1. The Balaban J connectivity index is 1.43. The molecular formula is C22H23N5O4. The van der Waals surface area contributed by atoms with E-state index in [4.69, 9.17) is 9.15 Å². The highest BCUT2D eigenvalue weighted by molar-refractivity contribution is 5.82. The first-order chi connectivity index (χ1) is 15.0. The molecule has 0 spiro atoms. The Labute approximate surface area is 178 Å². The molecule has 0 unspecified atom stereocenters. The molecule has 2 aromatic heterocycles. The summed E-state index contributed by atoms with van der Waals surface area (Å²) in [5.41, 5.74) is 3.62. The highest BCUT2D eigenvalue weighted by Gasteiger charge is 2.23. The Morgan fingerprint density at radius 3 is 3.06 bits per heavy atom. The quantitative estimate of drug-likeness (QED) is 0.633. The van der Waals surface area contributed by atoms with Crippen molar-refractivity contribution in [1.29, 1.82) is 5.26 Å². The second-order valence-corrected chi connectivity index (χ2v) is 7.47. The number of carbonyl (C=O) groups is 1. The number of nitriles is 1. The van der Waals surface area contributed by atoms with Gasteiger partial charge in [-0.2, -0.15) is 5.26 Å². The molecule has 3 aromatic rings. The largest absolute Gasteiger partial charge is 0.419 e. The molecule has 1 aliphatic heterocycles. The number of hydrogen-bond acceptors (Lipinski definition) is 7. The maximum atomic E-state index is 12.4. The number of nitrogens with one attached hydrogen (secondary N) is 2. The number of aromatic nitrogens is 2. The summed E-state index contributed by atoms with van der Waals surface area (Å²) in [5.74, 6) is -0.699. The van der Waals surface area contributed by atoms with Crippen molar-refractivity contribution >= 4 is 17.0 Å². The zero-order valence-corrected chi connectivity index (χ0v) is 17.1. The minimum Gasteiger partial charge on any atom is -0.408 e. The van der Waals surface area contributed by atoms with Gasteiger partial charge in [0, 0.05) is 38.4 Å². The average Bonchev–Trinajstić information content (AvgIpc) is 2.96. The number of nitrogens with zero attached hydrogens (tertiary/aromatic N) is 3. The van der Waals surface area contributed by atoms with Gasteiger partial charge < -0.3 is 19.8 Å². The normalized spacial score (nSPS) is 17.6. The van der Waals surface area contributed by atoms with Crippen LogP contribution in [0.1, 0.15) is 12.0 Å². The average molecular weight is 421 g/mol. The maximum Gasteiger partial charge on any atom is 0.419 e. The Bertz CT molecular complexity index is 1170. The van der Waals surface area contributed by atoms with Gasteiger partial charge in [0.1, 0.15) is 12.1 Å². The highest BCUT2D eigenvalue weighted by atomic mass is 16.5. The third-order valence-corrected chi connectivity index (χ3v) is 5.26. The summed E-state index contributed by atoms with van der Waals surface area (Å²) >= 11 is 0. The van der Waals surface area contributed by atoms with Gasteiger partial charge >= 0.3 is 5.76 Å². The molecule has 0 aliphatic carbocycles. The summed E-state index contributed by atoms with van der Waals surface area (Å²) in [6.45, 7) is 1.77. The molecule has 160 valence electrons. The standard InChI is InChI=1S/C22H23N5O4/c1-27-18-10-15(4-6-19(18)31-22(27)29)17-5-3-14(12-25-17)9-16(11-23)26-21(28)20-13-24-7-2-8-30-20/h3-6,10,12,16,20,24H,2,7-9,13H2,1H3,(H,26,28)/t16-,20+/m1/s1. The fraction of sp³-hybridized carbons (Fsp3) is 0.364. The summed E-state index contributed by atoms with van der Waals surface area (Å²) in [6, 6.07) is 10.6. The van der Waals surface area contributed by atoms with Gasteiger partial charge in [-0.3, -0.25) is 14.3 Å². The predicted molar refractivity (Wildman–Crippen MR) is 113 cm³/mol. The molecule has 1 fully saturated rings. The van der Waals surface area contributed by atoms with Gasteiger partial charge in [0.05, 0.1) is 17.3 Å². The third kappa shape index (κ3) is 4.66. The molecule has 4 rings (SSSR count). The van der Waals surface area contributed by atoms with Crippen molar-refractivity contribution in [2.45, 2.75) is 25.0 Å². The Morgan fingerprint density at radius 1 is 1.42 bits per heavy atom. The molecular weight excluding hydrogens is 398 g/mol. The SMILES string of the molecule is Cn1c(=O)oc2ccc(-c3ccc(C[C@H](C#N)NC(=O)[C@@H]4CNCCCO4)cn3)cc21. The van der Waals surface area contributed by atoms with E-state index in [0.29, 0.717) is 30.7 Å². The van der Waals surface area contributed by atoms with Crippen LogP contribution in [0.4, 0.5) is 0 Å². The minimum absolute atomic E-state index is 0.287. The Morgan fingerprint density at radius 2 is 2.29 bits per heavy atom. The zero-order valence-electron chi connectivity index (χ0n) is 17.1. The van der Waals surface area contributed by atoms with E-state index in [-0.39, 0.29) is 5.91 Å². The molecule has 1 amide bonds. The van der Waals surface area contributed by atoms with Crippen molar-refractivity contribution < 1.29 is 13.9 Å². The lowest BCUT2D eigenvalue weighted by Gasteiger charge is -2.18. The van der Waals surface area contributed by atoms with Crippen molar-refractivity contribution in [1.82, 2.24) is 20.2 Å². The molecule has 1 aliphatic rings. The smallest absolute Gasteiger partial charge is 0.408 e. The van der Waals surface area contributed by atoms with Crippen LogP contribution in [0, 0.1) is 11.3 Å². The van der Waals surface area contributed by atoms with E-state index in [0.717, 1.165) is 29.8 Å². The number of aryl methyl sites for hydroxylation is 1. The van der Waals surface area contributed by atoms with Crippen LogP contribution < -0.4 is 16.4 Å². The Kier molecular flexibility index (Phi) is 6.11. The first kappa shape index (κ1) is 20.8. The molecule has 2 atom stereocenters. The van der Waals surface area contributed by atoms with Crippen LogP contribution in [0.3, 0.4) is 0 Å². The molecule has 2 N–H and O–H groups in total. The second-order valence-electron chi connectivity index (χ2n) is 7.47. The van der Waals surface area contributed by atoms with Crippen LogP contribution in [-0.2, 0) is 23.0 Å². The molecule has 1 aromatic carbocycles. The lowest BCUT2D eigenvalue weighted by Crippen LogP contribution is -2.46. The van der Waals surface area contributed by atoms with Crippen LogP contribution in [0.25, 0.3) is 22.4 Å². The predicted octanol–water partition coefficient (Wildman–Crippen LogP) is 1.12.